The zero-order valence-electron chi connectivity index (χ0n) is 12.9. The summed E-state index contributed by atoms with van der Waals surface area (Å²) in [5.74, 6) is 0.204. The van der Waals surface area contributed by atoms with Crippen molar-refractivity contribution in [1.29, 1.82) is 0 Å². The van der Waals surface area contributed by atoms with Crippen LogP contribution in [0.5, 0.6) is 0 Å². The van der Waals surface area contributed by atoms with Crippen LogP contribution in [0.25, 0.3) is 0 Å². The summed E-state index contributed by atoms with van der Waals surface area (Å²) in [6, 6.07) is -0.256. The van der Waals surface area contributed by atoms with Gasteiger partial charge in [-0.1, -0.05) is 13.3 Å². The minimum atomic E-state index is -0.413. The lowest BCUT2D eigenvalue weighted by atomic mass is 9.90. The van der Waals surface area contributed by atoms with E-state index in [0.717, 1.165) is 51.6 Å². The SMILES string of the molecule is CCCC1(C(=O)N2CCCC2C(=O)N(C)C)CCCN1. The Kier molecular flexibility index (Phi) is 4.68. The van der Waals surface area contributed by atoms with Crippen LogP contribution in [0.15, 0.2) is 0 Å². The molecule has 2 atom stereocenters. The Morgan fingerprint density at radius 1 is 1.35 bits per heavy atom. The van der Waals surface area contributed by atoms with Crippen molar-refractivity contribution in [3.8, 4) is 0 Å². The van der Waals surface area contributed by atoms with Crippen LogP contribution in [0.3, 0.4) is 0 Å². The molecule has 0 saturated carbocycles. The molecule has 20 heavy (non-hydrogen) atoms. The topological polar surface area (TPSA) is 52.7 Å². The van der Waals surface area contributed by atoms with Gasteiger partial charge in [0.1, 0.15) is 6.04 Å². The van der Waals surface area contributed by atoms with Gasteiger partial charge in [0.15, 0.2) is 0 Å². The van der Waals surface area contributed by atoms with E-state index in [2.05, 4.69) is 12.2 Å². The van der Waals surface area contributed by atoms with E-state index in [0.29, 0.717) is 0 Å². The van der Waals surface area contributed by atoms with E-state index in [9.17, 15) is 9.59 Å². The summed E-state index contributed by atoms with van der Waals surface area (Å²) in [6.45, 7) is 3.74. The van der Waals surface area contributed by atoms with E-state index in [1.807, 2.05) is 4.90 Å². The zero-order valence-corrected chi connectivity index (χ0v) is 12.9. The first-order valence-corrected chi connectivity index (χ1v) is 7.79. The molecule has 2 fully saturated rings. The van der Waals surface area contributed by atoms with Crippen molar-refractivity contribution < 1.29 is 9.59 Å². The quantitative estimate of drug-likeness (QED) is 0.836. The summed E-state index contributed by atoms with van der Waals surface area (Å²) in [6.07, 6.45) is 5.53. The summed E-state index contributed by atoms with van der Waals surface area (Å²) < 4.78 is 0. The number of hydrogen-bond acceptors (Lipinski definition) is 3. The molecule has 114 valence electrons. The Bertz CT molecular complexity index is 375. The molecule has 5 nitrogen and oxygen atoms in total. The number of nitrogens with one attached hydrogen (secondary N) is 1. The van der Waals surface area contributed by atoms with Gasteiger partial charge in [-0.05, 0) is 38.6 Å². The van der Waals surface area contributed by atoms with Gasteiger partial charge in [-0.3, -0.25) is 9.59 Å². The maximum absolute atomic E-state index is 13.0. The van der Waals surface area contributed by atoms with Crippen molar-refractivity contribution in [1.82, 2.24) is 15.1 Å². The number of carbonyl (C=O) groups is 2. The van der Waals surface area contributed by atoms with Gasteiger partial charge >= 0.3 is 0 Å². The zero-order chi connectivity index (χ0) is 14.8. The van der Waals surface area contributed by atoms with Crippen LogP contribution in [0.4, 0.5) is 0 Å². The number of likely N-dealkylation sites (N-methyl/N-ethyl adjacent to an activating group) is 1. The molecule has 0 aromatic heterocycles. The predicted octanol–water partition coefficient (Wildman–Crippen LogP) is 0.988. The average molecular weight is 281 g/mol. The normalized spacial score (nSPS) is 29.8. The third-order valence-corrected chi connectivity index (χ3v) is 4.57. The fourth-order valence-electron chi connectivity index (χ4n) is 3.58. The molecule has 0 aromatic rings. The Balaban J connectivity index is 2.16. The number of amides is 2. The van der Waals surface area contributed by atoms with E-state index >= 15 is 0 Å². The molecule has 2 heterocycles. The molecular weight excluding hydrogens is 254 g/mol. The van der Waals surface area contributed by atoms with Gasteiger partial charge in [-0.25, -0.2) is 0 Å². The average Bonchev–Trinajstić information content (AvgIpc) is 3.06. The van der Waals surface area contributed by atoms with Crippen molar-refractivity contribution in [2.24, 2.45) is 0 Å². The highest BCUT2D eigenvalue weighted by Gasteiger charge is 2.46. The summed E-state index contributed by atoms with van der Waals surface area (Å²) in [5.41, 5.74) is -0.413. The molecule has 5 heteroatoms. The molecule has 0 aliphatic carbocycles. The molecule has 0 bridgehead atoms. The fraction of sp³-hybridized carbons (Fsp3) is 0.867. The monoisotopic (exact) mass is 281 g/mol. The van der Waals surface area contributed by atoms with Crippen LogP contribution >= 0.6 is 0 Å². The highest BCUT2D eigenvalue weighted by atomic mass is 16.2. The number of carbonyl (C=O) groups excluding carboxylic acids is 2. The minimum absolute atomic E-state index is 0.0560. The van der Waals surface area contributed by atoms with Gasteiger partial charge in [0.2, 0.25) is 11.8 Å². The van der Waals surface area contributed by atoms with Crippen LogP contribution in [0.2, 0.25) is 0 Å². The highest BCUT2D eigenvalue weighted by Crippen LogP contribution is 2.30. The highest BCUT2D eigenvalue weighted by molar-refractivity contribution is 5.92. The number of rotatable bonds is 4. The van der Waals surface area contributed by atoms with Crippen LogP contribution < -0.4 is 5.32 Å². The molecule has 1 N–H and O–H groups in total. The molecule has 0 spiro atoms. The van der Waals surface area contributed by atoms with Crippen molar-refractivity contribution in [2.45, 2.75) is 57.0 Å². The van der Waals surface area contributed by atoms with Crippen molar-refractivity contribution >= 4 is 11.8 Å². The van der Waals surface area contributed by atoms with Crippen LogP contribution in [0, 0.1) is 0 Å². The molecular formula is C15H27N3O2. The number of hydrogen-bond donors (Lipinski definition) is 1. The van der Waals surface area contributed by atoms with Gasteiger partial charge < -0.3 is 15.1 Å². The third kappa shape index (κ3) is 2.68. The molecule has 0 radical (unpaired) electrons. The van der Waals surface area contributed by atoms with Gasteiger partial charge in [0.05, 0.1) is 5.54 Å². The van der Waals surface area contributed by atoms with E-state index in [1.165, 1.54) is 0 Å². The standard InChI is InChI=1S/C15H27N3O2/c1-4-8-15(9-6-10-16-15)14(20)18-11-5-7-12(18)13(19)17(2)3/h12,16H,4-11H2,1-3H3. The second-order valence-electron chi connectivity index (χ2n) is 6.25. The Morgan fingerprint density at radius 2 is 2.10 bits per heavy atom. The van der Waals surface area contributed by atoms with Gasteiger partial charge in [-0.15, -0.1) is 0 Å². The van der Waals surface area contributed by atoms with Gasteiger partial charge in [0.25, 0.3) is 0 Å². The first-order chi connectivity index (χ1) is 9.52. The summed E-state index contributed by atoms with van der Waals surface area (Å²) >= 11 is 0. The Morgan fingerprint density at radius 3 is 2.65 bits per heavy atom. The lowest BCUT2D eigenvalue weighted by molar-refractivity contribution is -0.146. The smallest absolute Gasteiger partial charge is 0.244 e. The predicted molar refractivity (Wildman–Crippen MR) is 78.3 cm³/mol. The largest absolute Gasteiger partial charge is 0.347 e. The summed E-state index contributed by atoms with van der Waals surface area (Å²) in [7, 11) is 3.53. The van der Waals surface area contributed by atoms with Crippen LogP contribution in [0.1, 0.15) is 45.4 Å². The first kappa shape index (κ1) is 15.3. The molecule has 2 amide bonds. The van der Waals surface area contributed by atoms with Crippen LogP contribution in [-0.4, -0.2) is 60.4 Å². The van der Waals surface area contributed by atoms with Crippen LogP contribution in [-0.2, 0) is 9.59 Å². The van der Waals surface area contributed by atoms with Crippen molar-refractivity contribution in [3.63, 3.8) is 0 Å². The van der Waals surface area contributed by atoms with Gasteiger partial charge in [0, 0.05) is 20.6 Å². The lowest BCUT2D eigenvalue weighted by Gasteiger charge is -2.35. The summed E-state index contributed by atoms with van der Waals surface area (Å²) in [5, 5.41) is 3.42. The van der Waals surface area contributed by atoms with Crippen molar-refractivity contribution in [2.75, 3.05) is 27.2 Å². The summed E-state index contributed by atoms with van der Waals surface area (Å²) in [4.78, 5) is 28.7. The molecule has 0 aromatic carbocycles. The fourth-order valence-corrected chi connectivity index (χ4v) is 3.58. The number of nitrogens with zero attached hydrogens (tertiary/aromatic N) is 2. The molecule has 2 aliphatic rings. The Labute approximate surface area is 121 Å². The second-order valence-corrected chi connectivity index (χ2v) is 6.25. The van der Waals surface area contributed by atoms with Gasteiger partial charge in [-0.2, -0.15) is 0 Å². The van der Waals surface area contributed by atoms with E-state index in [4.69, 9.17) is 0 Å². The third-order valence-electron chi connectivity index (χ3n) is 4.57. The maximum atomic E-state index is 13.0. The van der Waals surface area contributed by atoms with Crippen molar-refractivity contribution in [3.05, 3.63) is 0 Å². The molecule has 2 rings (SSSR count). The van der Waals surface area contributed by atoms with E-state index < -0.39 is 5.54 Å². The first-order valence-electron chi connectivity index (χ1n) is 7.79. The van der Waals surface area contributed by atoms with E-state index in [-0.39, 0.29) is 17.9 Å². The second kappa shape index (κ2) is 6.12. The molecule has 2 saturated heterocycles. The van der Waals surface area contributed by atoms with E-state index in [1.54, 1.807) is 19.0 Å². The minimum Gasteiger partial charge on any atom is -0.347 e. The number of likely N-dealkylation sites (tertiary alicyclic amines) is 1. The lowest BCUT2D eigenvalue weighted by Crippen LogP contribution is -2.58. The maximum Gasteiger partial charge on any atom is 0.244 e. The Hall–Kier alpha value is -1.10. The molecule has 2 aliphatic heterocycles. The molecule has 2 unspecified atom stereocenters.